The molecule has 19 heavy (non-hydrogen) atoms. The fourth-order valence-electron chi connectivity index (χ4n) is 2.01. The van der Waals surface area contributed by atoms with Crippen LogP contribution in [0.3, 0.4) is 0 Å². The van der Waals surface area contributed by atoms with Crippen molar-refractivity contribution in [2.24, 2.45) is 0 Å². The van der Waals surface area contributed by atoms with Crippen LogP contribution < -0.4 is 5.69 Å². The molecule has 1 aromatic rings. The van der Waals surface area contributed by atoms with Gasteiger partial charge in [-0.2, -0.15) is 0 Å². The van der Waals surface area contributed by atoms with Crippen molar-refractivity contribution in [2.45, 2.75) is 30.7 Å². The lowest BCUT2D eigenvalue weighted by Gasteiger charge is -2.27. The second-order valence-electron chi connectivity index (χ2n) is 4.56. The lowest BCUT2D eigenvalue weighted by Crippen LogP contribution is -2.49. The molecule has 4 unspecified atom stereocenters. The van der Waals surface area contributed by atoms with Crippen LogP contribution in [0.4, 0.5) is 4.39 Å². The number of aromatic nitrogens is 2. The zero-order valence-corrected chi connectivity index (χ0v) is 10.7. The van der Waals surface area contributed by atoms with Gasteiger partial charge in [0.2, 0.25) is 0 Å². The number of aromatic amines is 1. The first-order valence-electron chi connectivity index (χ1n) is 5.42. The minimum absolute atomic E-state index is 0.160. The van der Waals surface area contributed by atoms with Gasteiger partial charge >= 0.3 is 5.69 Å². The van der Waals surface area contributed by atoms with Crippen molar-refractivity contribution in [3.8, 4) is 0 Å². The van der Waals surface area contributed by atoms with E-state index in [1.54, 1.807) is 0 Å². The number of rotatable bonds is 2. The van der Waals surface area contributed by atoms with Gasteiger partial charge in [-0.3, -0.25) is 9.55 Å². The summed E-state index contributed by atoms with van der Waals surface area (Å²) < 4.78 is 19.9. The lowest BCUT2D eigenvalue weighted by atomic mass is 9.95. The summed E-state index contributed by atoms with van der Waals surface area (Å²) in [5.74, 6) is -2.85. The Balaban J connectivity index is 2.51. The third-order valence-corrected chi connectivity index (χ3v) is 3.33. The summed E-state index contributed by atoms with van der Waals surface area (Å²) in [5.41, 5.74) is -2.83. The molecule has 1 aliphatic rings. The van der Waals surface area contributed by atoms with Crippen molar-refractivity contribution >= 4 is 12.2 Å². The highest BCUT2D eigenvalue weighted by atomic mass is 32.1. The molecule has 0 aliphatic carbocycles. The number of ether oxygens (including phenoxy) is 1. The second kappa shape index (κ2) is 4.46. The zero-order chi connectivity index (χ0) is 14.4. The van der Waals surface area contributed by atoms with Gasteiger partial charge in [0, 0.05) is 6.20 Å². The van der Waals surface area contributed by atoms with Crippen molar-refractivity contribution in [1.29, 1.82) is 0 Å². The third-order valence-electron chi connectivity index (χ3n) is 3.09. The first-order valence-corrected chi connectivity index (χ1v) is 5.82. The minimum atomic E-state index is -2.85. The van der Waals surface area contributed by atoms with Gasteiger partial charge in [0.1, 0.15) is 23.0 Å². The molecule has 1 fully saturated rings. The average molecular weight is 292 g/mol. The second-order valence-corrected chi connectivity index (χ2v) is 5.00. The van der Waals surface area contributed by atoms with Crippen molar-refractivity contribution in [1.82, 2.24) is 9.55 Å². The van der Waals surface area contributed by atoms with E-state index in [9.17, 15) is 19.4 Å². The standard InChI is InChI=1S/C10H13FN2O5S/c1-9(17)6(15)10(11,4-14)18-7(9)13-3-2-5(19)12-8(13)16/h2-3,6-7,14-15,17H,4H2,1H3,(H,12,16,19). The molecule has 7 nitrogen and oxygen atoms in total. The van der Waals surface area contributed by atoms with E-state index in [1.165, 1.54) is 12.3 Å². The Morgan fingerprint density at radius 3 is 2.79 bits per heavy atom. The van der Waals surface area contributed by atoms with Crippen LogP contribution >= 0.6 is 12.2 Å². The van der Waals surface area contributed by atoms with Crippen molar-refractivity contribution in [3.05, 3.63) is 27.4 Å². The number of halogens is 1. The molecule has 0 radical (unpaired) electrons. The van der Waals surface area contributed by atoms with Crippen LogP contribution in [0.1, 0.15) is 13.2 Å². The summed E-state index contributed by atoms with van der Waals surface area (Å²) in [5, 5.41) is 28.7. The SMILES string of the molecule is CC1(O)C(n2ccc(=S)[nH]c2=O)OC(F)(CO)C1O. The Hall–Kier alpha value is -1.13. The largest absolute Gasteiger partial charge is 0.390 e. The molecule has 0 spiro atoms. The van der Waals surface area contributed by atoms with Crippen LogP contribution in [0.5, 0.6) is 0 Å². The number of hydrogen-bond donors (Lipinski definition) is 4. The number of alkyl halides is 1. The van der Waals surface area contributed by atoms with E-state index in [1.807, 2.05) is 0 Å². The number of hydrogen-bond acceptors (Lipinski definition) is 6. The van der Waals surface area contributed by atoms with Crippen molar-refractivity contribution in [2.75, 3.05) is 6.61 Å². The minimum Gasteiger partial charge on any atom is -0.390 e. The Kier molecular flexibility index (Phi) is 3.35. The number of nitrogens with one attached hydrogen (secondary N) is 1. The topological polar surface area (TPSA) is 108 Å². The van der Waals surface area contributed by atoms with Crippen LogP contribution in [0.15, 0.2) is 17.1 Å². The normalized spacial score (nSPS) is 38.6. The first kappa shape index (κ1) is 14.3. The number of nitrogens with zero attached hydrogens (tertiary/aromatic N) is 1. The number of aliphatic hydroxyl groups is 3. The maximum atomic E-state index is 14.0. The summed E-state index contributed by atoms with van der Waals surface area (Å²) >= 11 is 4.75. The summed E-state index contributed by atoms with van der Waals surface area (Å²) in [6.45, 7) is -0.0498. The number of aliphatic hydroxyl groups excluding tert-OH is 2. The molecule has 2 heterocycles. The number of H-pyrrole nitrogens is 1. The molecule has 1 aromatic heterocycles. The predicted molar refractivity (Wildman–Crippen MR) is 63.6 cm³/mol. The van der Waals surface area contributed by atoms with Gasteiger partial charge in [-0.05, 0) is 13.0 Å². The molecular formula is C10H13FN2O5S. The maximum Gasteiger partial charge on any atom is 0.328 e. The Bertz CT molecular complexity index is 600. The highest BCUT2D eigenvalue weighted by Crippen LogP contribution is 2.44. The molecule has 0 saturated carbocycles. The lowest BCUT2D eigenvalue weighted by molar-refractivity contribution is -0.207. The average Bonchev–Trinajstić information content (AvgIpc) is 2.51. The highest BCUT2D eigenvalue weighted by Gasteiger charge is 2.62. The van der Waals surface area contributed by atoms with Crippen LogP contribution in [-0.4, -0.2) is 49.0 Å². The molecule has 4 atom stereocenters. The highest BCUT2D eigenvalue weighted by molar-refractivity contribution is 7.71. The monoisotopic (exact) mass is 292 g/mol. The molecule has 1 aliphatic heterocycles. The van der Waals surface area contributed by atoms with Gasteiger partial charge in [-0.1, -0.05) is 12.2 Å². The summed E-state index contributed by atoms with van der Waals surface area (Å²) in [6, 6.07) is 1.35. The van der Waals surface area contributed by atoms with E-state index in [0.29, 0.717) is 0 Å². The van der Waals surface area contributed by atoms with Crippen molar-refractivity contribution < 1.29 is 24.4 Å². The molecular weight excluding hydrogens is 279 g/mol. The Morgan fingerprint density at radius 2 is 2.32 bits per heavy atom. The van der Waals surface area contributed by atoms with Gasteiger partial charge in [0.25, 0.3) is 5.85 Å². The third kappa shape index (κ3) is 2.13. The van der Waals surface area contributed by atoms with Gasteiger partial charge in [-0.25, -0.2) is 9.18 Å². The molecule has 9 heteroatoms. The van der Waals surface area contributed by atoms with Crippen LogP contribution in [0.2, 0.25) is 0 Å². The quantitative estimate of drug-likeness (QED) is 0.532. The van der Waals surface area contributed by atoms with E-state index in [2.05, 4.69) is 4.98 Å². The Labute approximate surface area is 111 Å². The first-order chi connectivity index (χ1) is 8.72. The van der Waals surface area contributed by atoms with Crippen LogP contribution in [0.25, 0.3) is 0 Å². The van der Waals surface area contributed by atoms with E-state index in [4.69, 9.17) is 22.1 Å². The predicted octanol–water partition coefficient (Wildman–Crippen LogP) is -0.795. The molecule has 0 aromatic carbocycles. The van der Waals surface area contributed by atoms with Gasteiger partial charge < -0.3 is 20.1 Å². The smallest absolute Gasteiger partial charge is 0.328 e. The maximum absolute atomic E-state index is 14.0. The van der Waals surface area contributed by atoms with Crippen molar-refractivity contribution in [3.63, 3.8) is 0 Å². The van der Waals surface area contributed by atoms with Crippen LogP contribution in [-0.2, 0) is 4.74 Å². The molecule has 0 amide bonds. The van der Waals surface area contributed by atoms with Crippen LogP contribution in [0, 0.1) is 4.64 Å². The van der Waals surface area contributed by atoms with E-state index >= 15 is 0 Å². The Morgan fingerprint density at radius 1 is 1.68 bits per heavy atom. The zero-order valence-electron chi connectivity index (χ0n) is 9.91. The fraction of sp³-hybridized carbons (Fsp3) is 0.600. The molecule has 0 bridgehead atoms. The summed E-state index contributed by atoms with van der Waals surface area (Å²) in [6.07, 6.45) is -2.31. The van der Waals surface area contributed by atoms with E-state index < -0.39 is 36.1 Å². The molecule has 1 saturated heterocycles. The van der Waals surface area contributed by atoms with Gasteiger partial charge in [0.05, 0.1) is 0 Å². The van der Waals surface area contributed by atoms with E-state index in [0.717, 1.165) is 11.5 Å². The molecule has 4 N–H and O–H groups in total. The van der Waals surface area contributed by atoms with Gasteiger partial charge in [0.15, 0.2) is 6.23 Å². The molecule has 106 valence electrons. The summed E-state index contributed by atoms with van der Waals surface area (Å²) in [4.78, 5) is 14.0. The molecule has 2 rings (SSSR count). The van der Waals surface area contributed by atoms with Gasteiger partial charge in [-0.15, -0.1) is 0 Å². The fourth-order valence-corrected chi connectivity index (χ4v) is 2.16. The summed E-state index contributed by atoms with van der Waals surface area (Å²) in [7, 11) is 0. The van der Waals surface area contributed by atoms with E-state index in [-0.39, 0.29) is 4.64 Å².